The summed E-state index contributed by atoms with van der Waals surface area (Å²) < 4.78 is 0. The first-order chi connectivity index (χ1) is 9.38. The van der Waals surface area contributed by atoms with E-state index in [2.05, 4.69) is 56.8 Å². The molecule has 2 unspecified atom stereocenters. The third kappa shape index (κ3) is 5.71. The summed E-state index contributed by atoms with van der Waals surface area (Å²) in [5.41, 5.74) is 0.347. The summed E-state index contributed by atoms with van der Waals surface area (Å²) in [4.78, 5) is 5.18. The largest absolute Gasteiger partial charge is 0.314 e. The molecule has 1 N–H and O–H groups in total. The monoisotopic (exact) mass is 283 g/mol. The minimum absolute atomic E-state index is 0.347. The van der Waals surface area contributed by atoms with Gasteiger partial charge < -0.3 is 10.2 Å². The molecule has 1 aliphatic rings. The molecular weight excluding hydrogens is 246 g/mol. The highest BCUT2D eigenvalue weighted by Gasteiger charge is 2.26. The highest BCUT2D eigenvalue weighted by Crippen LogP contribution is 2.22. The Hall–Kier alpha value is -0.120. The van der Waals surface area contributed by atoms with E-state index in [0.29, 0.717) is 11.5 Å². The second kappa shape index (κ2) is 8.35. The first kappa shape index (κ1) is 17.9. The van der Waals surface area contributed by atoms with Crippen molar-refractivity contribution in [2.75, 3.05) is 39.8 Å². The molecule has 1 fully saturated rings. The van der Waals surface area contributed by atoms with Gasteiger partial charge in [-0.15, -0.1) is 0 Å². The molecule has 20 heavy (non-hydrogen) atoms. The number of hydrogen-bond acceptors (Lipinski definition) is 3. The van der Waals surface area contributed by atoms with Crippen molar-refractivity contribution >= 4 is 0 Å². The molecule has 0 aromatic carbocycles. The topological polar surface area (TPSA) is 18.5 Å². The minimum Gasteiger partial charge on any atom is -0.314 e. The van der Waals surface area contributed by atoms with Crippen molar-refractivity contribution in [3.63, 3.8) is 0 Å². The highest BCUT2D eigenvalue weighted by molar-refractivity contribution is 4.83. The summed E-state index contributed by atoms with van der Waals surface area (Å²) in [6, 6.07) is 1.40. The molecule has 0 aromatic heterocycles. The summed E-state index contributed by atoms with van der Waals surface area (Å²) in [5, 5.41) is 3.65. The van der Waals surface area contributed by atoms with Gasteiger partial charge in [-0.1, -0.05) is 34.6 Å². The van der Waals surface area contributed by atoms with Crippen LogP contribution in [0.2, 0.25) is 0 Å². The number of hydrogen-bond donors (Lipinski definition) is 1. The van der Waals surface area contributed by atoms with E-state index >= 15 is 0 Å². The maximum atomic E-state index is 3.65. The molecule has 0 saturated carbocycles. The van der Waals surface area contributed by atoms with Crippen LogP contribution in [0.3, 0.4) is 0 Å². The van der Waals surface area contributed by atoms with Gasteiger partial charge in [-0.25, -0.2) is 0 Å². The van der Waals surface area contributed by atoms with E-state index in [0.717, 1.165) is 12.6 Å². The zero-order chi connectivity index (χ0) is 15.2. The van der Waals surface area contributed by atoms with E-state index in [-0.39, 0.29) is 0 Å². The van der Waals surface area contributed by atoms with Gasteiger partial charge in [0.1, 0.15) is 0 Å². The molecule has 1 aliphatic heterocycles. The Labute approximate surface area is 127 Å². The molecule has 0 aromatic rings. The van der Waals surface area contributed by atoms with Gasteiger partial charge in [0.25, 0.3) is 0 Å². The van der Waals surface area contributed by atoms with Crippen LogP contribution >= 0.6 is 0 Å². The molecule has 0 spiro atoms. The van der Waals surface area contributed by atoms with Crippen LogP contribution in [0.5, 0.6) is 0 Å². The van der Waals surface area contributed by atoms with Gasteiger partial charge in [-0.05, 0) is 57.9 Å². The molecule has 3 nitrogen and oxygen atoms in total. The number of nitrogens with one attached hydrogen (secondary N) is 1. The van der Waals surface area contributed by atoms with Crippen molar-refractivity contribution in [2.45, 2.75) is 66.0 Å². The maximum Gasteiger partial charge on any atom is 0.0223 e. The fourth-order valence-electron chi connectivity index (χ4n) is 3.41. The molecular formula is C17H37N3. The average Bonchev–Trinajstić information content (AvgIpc) is 2.80. The predicted molar refractivity (Wildman–Crippen MR) is 89.3 cm³/mol. The Bertz CT molecular complexity index is 259. The first-order valence-electron chi connectivity index (χ1n) is 8.54. The minimum atomic E-state index is 0.347. The van der Waals surface area contributed by atoms with E-state index in [9.17, 15) is 0 Å². The van der Waals surface area contributed by atoms with Crippen LogP contribution in [-0.4, -0.2) is 61.7 Å². The predicted octanol–water partition coefficient (Wildman–Crippen LogP) is 2.82. The van der Waals surface area contributed by atoms with Crippen LogP contribution in [0.15, 0.2) is 0 Å². The molecule has 1 saturated heterocycles. The van der Waals surface area contributed by atoms with Gasteiger partial charge in [0, 0.05) is 18.6 Å². The number of rotatable bonds is 8. The van der Waals surface area contributed by atoms with Crippen molar-refractivity contribution in [3.05, 3.63) is 0 Å². The third-order valence-electron chi connectivity index (χ3n) is 4.72. The lowest BCUT2D eigenvalue weighted by Gasteiger charge is -2.34. The van der Waals surface area contributed by atoms with Crippen molar-refractivity contribution in [2.24, 2.45) is 5.41 Å². The average molecular weight is 284 g/mol. The molecule has 1 heterocycles. The molecule has 0 bridgehead atoms. The Morgan fingerprint density at radius 1 is 1.30 bits per heavy atom. The maximum absolute atomic E-state index is 3.65. The Kier molecular flexibility index (Phi) is 7.49. The van der Waals surface area contributed by atoms with E-state index in [1.165, 1.54) is 45.4 Å². The van der Waals surface area contributed by atoms with Crippen molar-refractivity contribution in [1.29, 1.82) is 0 Å². The van der Waals surface area contributed by atoms with Gasteiger partial charge in [0.05, 0.1) is 0 Å². The fourth-order valence-corrected chi connectivity index (χ4v) is 3.41. The first-order valence-corrected chi connectivity index (χ1v) is 8.54. The van der Waals surface area contributed by atoms with Crippen LogP contribution in [0.1, 0.15) is 53.9 Å². The normalized spacial score (nSPS) is 22.6. The van der Waals surface area contributed by atoms with Crippen LogP contribution in [0.25, 0.3) is 0 Å². The zero-order valence-corrected chi connectivity index (χ0v) is 14.7. The molecule has 0 radical (unpaired) electrons. The lowest BCUT2D eigenvalue weighted by Crippen LogP contribution is -2.44. The molecule has 1 rings (SSSR count). The second-order valence-electron chi connectivity index (χ2n) is 7.45. The lowest BCUT2D eigenvalue weighted by atomic mass is 9.84. The van der Waals surface area contributed by atoms with Gasteiger partial charge in [-0.2, -0.15) is 0 Å². The molecule has 3 heteroatoms. The SMILES string of the molecule is CCNC(CCN(C)CC1CCCN1CC)C(C)(C)C. The fraction of sp³-hybridized carbons (Fsp3) is 1.00. The van der Waals surface area contributed by atoms with E-state index < -0.39 is 0 Å². The van der Waals surface area contributed by atoms with Crippen molar-refractivity contribution in [1.82, 2.24) is 15.1 Å². The third-order valence-corrected chi connectivity index (χ3v) is 4.72. The summed E-state index contributed by atoms with van der Waals surface area (Å²) in [5.74, 6) is 0. The van der Waals surface area contributed by atoms with Gasteiger partial charge >= 0.3 is 0 Å². The molecule has 2 atom stereocenters. The van der Waals surface area contributed by atoms with Gasteiger partial charge in [-0.3, -0.25) is 4.90 Å². The van der Waals surface area contributed by atoms with Crippen LogP contribution in [0, 0.1) is 5.41 Å². The summed E-state index contributed by atoms with van der Waals surface area (Å²) >= 11 is 0. The lowest BCUT2D eigenvalue weighted by molar-refractivity contribution is 0.178. The number of likely N-dealkylation sites (N-methyl/N-ethyl adjacent to an activating group) is 2. The van der Waals surface area contributed by atoms with E-state index in [1.807, 2.05) is 0 Å². The zero-order valence-electron chi connectivity index (χ0n) is 14.7. The van der Waals surface area contributed by atoms with Gasteiger partial charge in [0.15, 0.2) is 0 Å². The highest BCUT2D eigenvalue weighted by atomic mass is 15.2. The summed E-state index contributed by atoms with van der Waals surface area (Å²) in [7, 11) is 2.29. The van der Waals surface area contributed by atoms with E-state index in [4.69, 9.17) is 0 Å². The molecule has 0 aliphatic carbocycles. The second-order valence-corrected chi connectivity index (χ2v) is 7.45. The standard InChI is InChI=1S/C17H37N3/c1-7-18-16(17(3,4)5)11-13-19(6)14-15-10-9-12-20(15)8-2/h15-16,18H,7-14H2,1-6H3. The van der Waals surface area contributed by atoms with Crippen LogP contribution < -0.4 is 5.32 Å². The Morgan fingerprint density at radius 2 is 2.00 bits per heavy atom. The Morgan fingerprint density at radius 3 is 2.55 bits per heavy atom. The van der Waals surface area contributed by atoms with Crippen molar-refractivity contribution in [3.8, 4) is 0 Å². The summed E-state index contributed by atoms with van der Waals surface area (Å²) in [6.07, 6.45) is 4.01. The Balaban J connectivity index is 2.35. The smallest absolute Gasteiger partial charge is 0.0223 e. The quantitative estimate of drug-likeness (QED) is 0.739. The summed E-state index contributed by atoms with van der Waals surface area (Å²) in [6.45, 7) is 17.5. The van der Waals surface area contributed by atoms with Crippen LogP contribution in [-0.2, 0) is 0 Å². The van der Waals surface area contributed by atoms with Crippen LogP contribution in [0.4, 0.5) is 0 Å². The number of likely N-dealkylation sites (tertiary alicyclic amines) is 1. The molecule has 0 amide bonds. The van der Waals surface area contributed by atoms with E-state index in [1.54, 1.807) is 0 Å². The van der Waals surface area contributed by atoms with Gasteiger partial charge in [0.2, 0.25) is 0 Å². The molecule has 120 valence electrons. The number of nitrogens with zero attached hydrogens (tertiary/aromatic N) is 2. The van der Waals surface area contributed by atoms with Crippen molar-refractivity contribution < 1.29 is 0 Å².